The highest BCUT2D eigenvalue weighted by Crippen LogP contribution is 2.16. The lowest BCUT2D eigenvalue weighted by Crippen LogP contribution is -2.34. The molecule has 3 heteroatoms. The van der Waals surface area contributed by atoms with E-state index in [-0.39, 0.29) is 6.04 Å². The van der Waals surface area contributed by atoms with Gasteiger partial charge >= 0.3 is 0 Å². The molecule has 1 rings (SSSR count). The monoisotopic (exact) mass is 222 g/mol. The second-order valence-electron chi connectivity index (χ2n) is 4.07. The first-order valence-corrected chi connectivity index (χ1v) is 5.80. The molecule has 3 N–H and O–H groups in total. The lowest BCUT2D eigenvalue weighted by atomic mass is 10.1. The molecule has 0 aliphatic carbocycles. The molecule has 0 aromatic heterocycles. The highest BCUT2D eigenvalue weighted by atomic mass is 16.5. The molecular weight excluding hydrogens is 200 g/mol. The SMILES string of the molecule is CCC(N)CN[C@@H](C)c1ccc(OC)cc1. The van der Waals surface area contributed by atoms with E-state index < -0.39 is 0 Å². The molecule has 2 atom stereocenters. The topological polar surface area (TPSA) is 47.3 Å². The number of hydrogen-bond acceptors (Lipinski definition) is 3. The Morgan fingerprint density at radius 2 is 1.94 bits per heavy atom. The molecule has 1 aromatic carbocycles. The molecule has 0 radical (unpaired) electrons. The van der Waals surface area contributed by atoms with Crippen LogP contribution in [0.5, 0.6) is 5.75 Å². The summed E-state index contributed by atoms with van der Waals surface area (Å²) in [6.45, 7) is 5.10. The zero-order valence-electron chi connectivity index (χ0n) is 10.4. The van der Waals surface area contributed by atoms with Gasteiger partial charge in [-0.15, -0.1) is 0 Å². The van der Waals surface area contributed by atoms with Gasteiger partial charge in [0.25, 0.3) is 0 Å². The minimum absolute atomic E-state index is 0.237. The summed E-state index contributed by atoms with van der Waals surface area (Å²) in [6.07, 6.45) is 1.00. The van der Waals surface area contributed by atoms with Crippen LogP contribution >= 0.6 is 0 Å². The predicted molar refractivity (Wildman–Crippen MR) is 67.7 cm³/mol. The van der Waals surface area contributed by atoms with Gasteiger partial charge in [-0.25, -0.2) is 0 Å². The third-order valence-electron chi connectivity index (χ3n) is 2.83. The van der Waals surface area contributed by atoms with E-state index in [9.17, 15) is 0 Å². The van der Waals surface area contributed by atoms with E-state index in [4.69, 9.17) is 10.5 Å². The Balaban J connectivity index is 2.49. The lowest BCUT2D eigenvalue weighted by molar-refractivity contribution is 0.414. The van der Waals surface area contributed by atoms with Gasteiger partial charge in [-0.2, -0.15) is 0 Å². The highest BCUT2D eigenvalue weighted by molar-refractivity contribution is 5.28. The molecule has 0 heterocycles. The summed E-state index contributed by atoms with van der Waals surface area (Å²) in [5.74, 6) is 0.890. The summed E-state index contributed by atoms with van der Waals surface area (Å²) in [7, 11) is 1.68. The van der Waals surface area contributed by atoms with Gasteiger partial charge < -0.3 is 15.8 Å². The van der Waals surface area contributed by atoms with Crippen LogP contribution in [0.15, 0.2) is 24.3 Å². The third kappa shape index (κ3) is 3.83. The van der Waals surface area contributed by atoms with Gasteiger partial charge in [0, 0.05) is 18.6 Å². The quantitative estimate of drug-likeness (QED) is 0.774. The molecule has 0 spiro atoms. The number of rotatable bonds is 6. The van der Waals surface area contributed by atoms with Gasteiger partial charge in [0.05, 0.1) is 7.11 Å². The van der Waals surface area contributed by atoms with Gasteiger partial charge in [-0.1, -0.05) is 19.1 Å². The fourth-order valence-electron chi connectivity index (χ4n) is 1.48. The molecule has 0 aliphatic rings. The van der Waals surface area contributed by atoms with Crippen molar-refractivity contribution in [2.24, 2.45) is 5.73 Å². The standard InChI is InChI=1S/C13H22N2O/c1-4-12(14)9-15-10(2)11-5-7-13(16-3)8-6-11/h5-8,10,12,15H,4,9,14H2,1-3H3/t10-,12?/m0/s1. The van der Waals surface area contributed by atoms with E-state index in [0.29, 0.717) is 6.04 Å². The number of methoxy groups -OCH3 is 1. The van der Waals surface area contributed by atoms with Crippen molar-refractivity contribution in [3.63, 3.8) is 0 Å². The fourth-order valence-corrected chi connectivity index (χ4v) is 1.48. The fraction of sp³-hybridized carbons (Fsp3) is 0.538. The summed E-state index contributed by atoms with van der Waals surface area (Å²) >= 11 is 0. The number of hydrogen-bond donors (Lipinski definition) is 2. The maximum absolute atomic E-state index is 5.86. The second-order valence-corrected chi connectivity index (χ2v) is 4.07. The van der Waals surface area contributed by atoms with Crippen molar-refractivity contribution < 1.29 is 4.74 Å². The Morgan fingerprint density at radius 3 is 2.44 bits per heavy atom. The molecule has 0 bridgehead atoms. The number of nitrogens with two attached hydrogens (primary N) is 1. The van der Waals surface area contributed by atoms with Crippen LogP contribution in [0.1, 0.15) is 31.9 Å². The first-order chi connectivity index (χ1) is 7.67. The zero-order valence-corrected chi connectivity index (χ0v) is 10.4. The Bertz CT molecular complexity index is 297. The van der Waals surface area contributed by atoms with Crippen LogP contribution in [0.4, 0.5) is 0 Å². The van der Waals surface area contributed by atoms with E-state index in [1.807, 2.05) is 12.1 Å². The molecule has 0 fully saturated rings. The molecule has 16 heavy (non-hydrogen) atoms. The minimum Gasteiger partial charge on any atom is -0.497 e. The second kappa shape index (κ2) is 6.51. The van der Waals surface area contributed by atoms with Crippen LogP contribution in [0, 0.1) is 0 Å². The molecule has 1 aromatic rings. The van der Waals surface area contributed by atoms with E-state index in [1.54, 1.807) is 7.11 Å². The predicted octanol–water partition coefficient (Wildman–Crippen LogP) is 2.08. The summed E-state index contributed by atoms with van der Waals surface area (Å²) in [6, 6.07) is 8.67. The van der Waals surface area contributed by atoms with Crippen LogP contribution < -0.4 is 15.8 Å². The normalized spacial score (nSPS) is 14.5. The summed E-state index contributed by atoms with van der Waals surface area (Å²) in [5.41, 5.74) is 7.12. The van der Waals surface area contributed by atoms with Crippen LogP contribution in [0.3, 0.4) is 0 Å². The maximum atomic E-state index is 5.86. The molecule has 0 aliphatic heterocycles. The largest absolute Gasteiger partial charge is 0.497 e. The van der Waals surface area contributed by atoms with Gasteiger partial charge in [0.15, 0.2) is 0 Å². The van der Waals surface area contributed by atoms with Crippen LogP contribution in [0.2, 0.25) is 0 Å². The molecule has 0 amide bonds. The van der Waals surface area contributed by atoms with Crippen molar-refractivity contribution in [1.82, 2.24) is 5.32 Å². The molecule has 0 saturated carbocycles. The van der Waals surface area contributed by atoms with Crippen molar-refractivity contribution in [3.05, 3.63) is 29.8 Å². The molecule has 0 saturated heterocycles. The minimum atomic E-state index is 0.237. The van der Waals surface area contributed by atoms with E-state index in [0.717, 1.165) is 18.7 Å². The Labute approximate surface area is 98.0 Å². The highest BCUT2D eigenvalue weighted by Gasteiger charge is 2.06. The lowest BCUT2D eigenvalue weighted by Gasteiger charge is -2.17. The third-order valence-corrected chi connectivity index (χ3v) is 2.83. The first kappa shape index (κ1) is 13.0. The molecule has 90 valence electrons. The first-order valence-electron chi connectivity index (χ1n) is 5.80. The van der Waals surface area contributed by atoms with Crippen molar-refractivity contribution in [2.45, 2.75) is 32.4 Å². The van der Waals surface area contributed by atoms with Crippen LogP contribution in [0.25, 0.3) is 0 Å². The van der Waals surface area contributed by atoms with Crippen molar-refractivity contribution >= 4 is 0 Å². The van der Waals surface area contributed by atoms with Gasteiger partial charge in [0.2, 0.25) is 0 Å². The maximum Gasteiger partial charge on any atom is 0.118 e. The number of benzene rings is 1. The van der Waals surface area contributed by atoms with Crippen molar-refractivity contribution in [2.75, 3.05) is 13.7 Å². The van der Waals surface area contributed by atoms with E-state index in [1.165, 1.54) is 5.56 Å². The molecule has 3 nitrogen and oxygen atoms in total. The summed E-state index contributed by atoms with van der Waals surface area (Å²) < 4.78 is 5.12. The van der Waals surface area contributed by atoms with Crippen LogP contribution in [-0.2, 0) is 0 Å². The summed E-state index contributed by atoms with van der Waals surface area (Å²) in [5, 5.41) is 3.42. The average molecular weight is 222 g/mol. The van der Waals surface area contributed by atoms with E-state index >= 15 is 0 Å². The van der Waals surface area contributed by atoms with Crippen molar-refractivity contribution in [1.29, 1.82) is 0 Å². The summed E-state index contributed by atoms with van der Waals surface area (Å²) in [4.78, 5) is 0. The molecule has 1 unspecified atom stereocenters. The van der Waals surface area contributed by atoms with Crippen LogP contribution in [-0.4, -0.2) is 19.7 Å². The van der Waals surface area contributed by atoms with Gasteiger partial charge in [0.1, 0.15) is 5.75 Å². The smallest absolute Gasteiger partial charge is 0.118 e. The van der Waals surface area contributed by atoms with Gasteiger partial charge in [-0.05, 0) is 31.0 Å². The molecular formula is C13H22N2O. The van der Waals surface area contributed by atoms with Crippen molar-refractivity contribution in [3.8, 4) is 5.75 Å². The zero-order chi connectivity index (χ0) is 12.0. The number of nitrogens with one attached hydrogen (secondary N) is 1. The number of ether oxygens (including phenoxy) is 1. The Hall–Kier alpha value is -1.06. The van der Waals surface area contributed by atoms with Gasteiger partial charge in [-0.3, -0.25) is 0 Å². The van der Waals surface area contributed by atoms with E-state index in [2.05, 4.69) is 31.3 Å². The average Bonchev–Trinajstić information content (AvgIpc) is 2.35. The Kier molecular flexibility index (Phi) is 5.29. The Morgan fingerprint density at radius 1 is 1.31 bits per heavy atom.